The van der Waals surface area contributed by atoms with Gasteiger partial charge in [-0.1, -0.05) is 0 Å². The van der Waals surface area contributed by atoms with E-state index in [9.17, 15) is 14.0 Å². The lowest BCUT2D eigenvalue weighted by molar-refractivity contribution is -0.152. The zero-order valence-corrected chi connectivity index (χ0v) is 15.8. The third-order valence-electron chi connectivity index (χ3n) is 3.48. The van der Waals surface area contributed by atoms with E-state index in [1.807, 2.05) is 13.8 Å². The molecule has 1 atom stereocenters. The molecule has 0 aliphatic carbocycles. The third kappa shape index (κ3) is 5.87. The molecule has 1 heterocycles. The van der Waals surface area contributed by atoms with E-state index in [1.54, 1.807) is 29.1 Å². The van der Waals surface area contributed by atoms with Crippen LogP contribution in [0.25, 0.3) is 0 Å². The monoisotopic (exact) mass is 379 g/mol. The van der Waals surface area contributed by atoms with E-state index >= 15 is 0 Å². The fraction of sp³-hybridized carbons (Fsp3) is 0.389. The summed E-state index contributed by atoms with van der Waals surface area (Å²) in [5.74, 6) is -0.127. The Morgan fingerprint density at radius 2 is 1.92 bits per heavy atom. The largest absolute Gasteiger partial charge is 0.453 e. The van der Waals surface area contributed by atoms with Crippen LogP contribution in [-0.4, -0.2) is 33.5 Å². The van der Waals surface area contributed by atoms with Gasteiger partial charge < -0.3 is 10.1 Å². The lowest BCUT2D eigenvalue weighted by Crippen LogP contribution is -2.31. The van der Waals surface area contributed by atoms with Crippen LogP contribution in [0.2, 0.25) is 0 Å². The number of carbonyl (C=O) groups excluding carboxylic acids is 2. The van der Waals surface area contributed by atoms with Crippen molar-refractivity contribution in [2.45, 2.75) is 44.2 Å². The molecule has 0 saturated carbocycles. The van der Waals surface area contributed by atoms with Gasteiger partial charge in [0.15, 0.2) is 6.10 Å². The molecule has 0 aliphatic heterocycles. The number of benzene rings is 1. The fourth-order valence-corrected chi connectivity index (χ4v) is 2.98. The van der Waals surface area contributed by atoms with E-state index < -0.39 is 18.0 Å². The fourth-order valence-electron chi connectivity index (χ4n) is 2.15. The van der Waals surface area contributed by atoms with Crippen LogP contribution in [0, 0.1) is 5.82 Å². The number of amides is 1. The number of halogens is 1. The normalized spacial score (nSPS) is 12.0. The Bertz CT molecular complexity index is 746. The molecule has 1 N–H and O–H groups in total. The summed E-state index contributed by atoms with van der Waals surface area (Å²) in [4.78, 5) is 24.9. The minimum Gasteiger partial charge on any atom is -0.453 e. The second-order valence-corrected chi connectivity index (χ2v) is 7.10. The summed E-state index contributed by atoms with van der Waals surface area (Å²) >= 11 is 1.42. The van der Waals surface area contributed by atoms with E-state index in [1.165, 1.54) is 30.8 Å². The number of esters is 1. The average molecular weight is 379 g/mol. The molecule has 2 aromatic rings. The first-order valence-electron chi connectivity index (χ1n) is 8.29. The highest BCUT2D eigenvalue weighted by molar-refractivity contribution is 7.99. The predicted molar refractivity (Wildman–Crippen MR) is 98.5 cm³/mol. The first-order valence-corrected chi connectivity index (χ1v) is 9.27. The molecule has 8 heteroatoms. The van der Waals surface area contributed by atoms with Crippen LogP contribution in [-0.2, 0) is 14.3 Å². The maximum atomic E-state index is 12.8. The molecule has 0 spiro atoms. The van der Waals surface area contributed by atoms with E-state index in [2.05, 4.69) is 10.4 Å². The molecule has 0 fully saturated rings. The Balaban J connectivity index is 1.76. The maximum Gasteiger partial charge on any atom is 0.307 e. The average Bonchev–Trinajstić information content (AvgIpc) is 3.05. The van der Waals surface area contributed by atoms with Crippen LogP contribution >= 0.6 is 11.8 Å². The first kappa shape index (κ1) is 20.0. The van der Waals surface area contributed by atoms with Crippen molar-refractivity contribution in [2.24, 2.45) is 0 Å². The van der Waals surface area contributed by atoms with Gasteiger partial charge in [-0.3, -0.25) is 9.59 Å². The van der Waals surface area contributed by atoms with Gasteiger partial charge in [-0.2, -0.15) is 5.10 Å². The van der Waals surface area contributed by atoms with Crippen molar-refractivity contribution in [3.05, 3.63) is 42.3 Å². The van der Waals surface area contributed by atoms with Crippen molar-refractivity contribution in [3.8, 4) is 0 Å². The summed E-state index contributed by atoms with van der Waals surface area (Å²) in [6, 6.07) is 7.83. The lowest BCUT2D eigenvalue weighted by atomic mass is 10.3. The molecular formula is C18H22FN3O3S. The van der Waals surface area contributed by atoms with E-state index in [0.29, 0.717) is 11.6 Å². The van der Waals surface area contributed by atoms with Crippen molar-refractivity contribution in [2.75, 3.05) is 11.1 Å². The van der Waals surface area contributed by atoms with Crippen molar-refractivity contribution in [3.63, 3.8) is 0 Å². The summed E-state index contributed by atoms with van der Waals surface area (Å²) in [5.41, 5.74) is 0. The van der Waals surface area contributed by atoms with Crippen molar-refractivity contribution >= 4 is 29.5 Å². The molecule has 0 aliphatic rings. The van der Waals surface area contributed by atoms with Gasteiger partial charge in [-0.15, -0.1) is 11.8 Å². The molecule has 140 valence electrons. The number of thioether (sulfide) groups is 1. The SMILES string of the molecule is CC(C)n1nccc1NC(=O)[C@@H](C)OC(=O)CCSc1ccc(F)cc1. The Hall–Kier alpha value is -2.35. The van der Waals surface area contributed by atoms with Gasteiger partial charge in [-0.05, 0) is 45.0 Å². The number of nitrogens with one attached hydrogen (secondary N) is 1. The lowest BCUT2D eigenvalue weighted by Gasteiger charge is -2.15. The highest BCUT2D eigenvalue weighted by atomic mass is 32.2. The van der Waals surface area contributed by atoms with Gasteiger partial charge in [0.1, 0.15) is 11.6 Å². The summed E-state index contributed by atoms with van der Waals surface area (Å²) in [6.07, 6.45) is 0.844. The summed E-state index contributed by atoms with van der Waals surface area (Å²) < 4.78 is 19.7. The molecule has 26 heavy (non-hydrogen) atoms. The van der Waals surface area contributed by atoms with Gasteiger partial charge in [-0.25, -0.2) is 9.07 Å². The van der Waals surface area contributed by atoms with E-state index in [-0.39, 0.29) is 18.3 Å². The zero-order chi connectivity index (χ0) is 19.1. The standard InChI is InChI=1S/C18H22FN3O3S/c1-12(2)22-16(8-10-20-22)21-18(24)13(3)25-17(23)9-11-26-15-6-4-14(19)5-7-15/h4-8,10,12-13H,9,11H2,1-3H3,(H,21,24)/t13-/m1/s1. The number of hydrogen-bond acceptors (Lipinski definition) is 5. The number of aromatic nitrogens is 2. The van der Waals surface area contributed by atoms with Gasteiger partial charge in [0, 0.05) is 22.8 Å². The molecule has 2 rings (SSSR count). The van der Waals surface area contributed by atoms with Crippen LogP contribution in [0.1, 0.15) is 33.2 Å². The predicted octanol–water partition coefficient (Wildman–Crippen LogP) is 3.66. The Labute approximate surface area is 156 Å². The molecule has 0 saturated heterocycles. The highest BCUT2D eigenvalue weighted by Gasteiger charge is 2.19. The Morgan fingerprint density at radius 1 is 1.23 bits per heavy atom. The van der Waals surface area contributed by atoms with Gasteiger partial charge in [0.25, 0.3) is 5.91 Å². The summed E-state index contributed by atoms with van der Waals surface area (Å²) in [6.45, 7) is 5.42. The number of rotatable bonds is 8. The second-order valence-electron chi connectivity index (χ2n) is 5.93. The molecule has 1 aromatic carbocycles. The van der Waals surface area contributed by atoms with Gasteiger partial charge in [0.05, 0.1) is 12.6 Å². The van der Waals surface area contributed by atoms with Crippen molar-refractivity contribution in [1.29, 1.82) is 0 Å². The van der Waals surface area contributed by atoms with Crippen LogP contribution < -0.4 is 5.32 Å². The first-order chi connectivity index (χ1) is 12.4. The molecule has 6 nitrogen and oxygen atoms in total. The van der Waals surface area contributed by atoms with Crippen LogP contribution in [0.3, 0.4) is 0 Å². The summed E-state index contributed by atoms with van der Waals surface area (Å²) in [5, 5.41) is 6.84. The van der Waals surface area contributed by atoms with Crippen molar-refractivity contribution < 1.29 is 18.7 Å². The summed E-state index contributed by atoms with van der Waals surface area (Å²) in [7, 11) is 0. The van der Waals surface area contributed by atoms with Gasteiger partial charge >= 0.3 is 5.97 Å². The van der Waals surface area contributed by atoms with Crippen LogP contribution in [0.5, 0.6) is 0 Å². The molecule has 0 unspecified atom stereocenters. The highest BCUT2D eigenvalue weighted by Crippen LogP contribution is 2.19. The minimum atomic E-state index is -0.908. The number of carbonyl (C=O) groups is 2. The topological polar surface area (TPSA) is 73.2 Å². The minimum absolute atomic E-state index is 0.0987. The molecular weight excluding hydrogens is 357 g/mol. The Kier molecular flexibility index (Phi) is 7.20. The maximum absolute atomic E-state index is 12.8. The van der Waals surface area contributed by atoms with Crippen LogP contribution in [0.15, 0.2) is 41.4 Å². The third-order valence-corrected chi connectivity index (χ3v) is 4.49. The molecule has 0 bridgehead atoms. The Morgan fingerprint density at radius 3 is 2.58 bits per heavy atom. The number of anilines is 1. The van der Waals surface area contributed by atoms with Crippen LogP contribution in [0.4, 0.5) is 10.2 Å². The molecule has 1 amide bonds. The number of nitrogens with zero attached hydrogens (tertiary/aromatic N) is 2. The second kappa shape index (κ2) is 9.38. The number of hydrogen-bond donors (Lipinski definition) is 1. The van der Waals surface area contributed by atoms with Gasteiger partial charge in [0.2, 0.25) is 0 Å². The molecule has 1 aromatic heterocycles. The molecule has 0 radical (unpaired) electrons. The van der Waals surface area contributed by atoms with E-state index in [4.69, 9.17) is 4.74 Å². The smallest absolute Gasteiger partial charge is 0.307 e. The zero-order valence-electron chi connectivity index (χ0n) is 14.9. The van der Waals surface area contributed by atoms with E-state index in [0.717, 1.165) is 4.90 Å². The number of ether oxygens (including phenoxy) is 1. The quantitative estimate of drug-likeness (QED) is 0.560. The van der Waals surface area contributed by atoms with Crippen molar-refractivity contribution in [1.82, 2.24) is 9.78 Å².